The molecule has 1 aliphatic rings. The smallest absolute Gasteiger partial charge is 0.309 e. The van der Waals surface area contributed by atoms with Crippen LogP contribution < -0.4 is 9.47 Å². The fourth-order valence-electron chi connectivity index (χ4n) is 2.76. The summed E-state index contributed by atoms with van der Waals surface area (Å²) in [5, 5.41) is 0. The highest BCUT2D eigenvalue weighted by Crippen LogP contribution is 2.21. The van der Waals surface area contributed by atoms with Crippen molar-refractivity contribution in [3.8, 4) is 11.5 Å². The normalized spacial score (nSPS) is 16.4. The number of esters is 1. The summed E-state index contributed by atoms with van der Waals surface area (Å²) in [6.07, 6.45) is 0.706. The van der Waals surface area contributed by atoms with Gasteiger partial charge in [-0.15, -0.1) is 0 Å². The van der Waals surface area contributed by atoms with Crippen molar-refractivity contribution in [3.63, 3.8) is 0 Å². The maximum atomic E-state index is 12.5. The van der Waals surface area contributed by atoms with Crippen molar-refractivity contribution in [1.29, 1.82) is 0 Å². The van der Waals surface area contributed by atoms with Crippen LogP contribution in [0.3, 0.4) is 0 Å². The Balaban J connectivity index is 1.84. The first-order valence-corrected chi connectivity index (χ1v) is 8.31. The predicted octanol–water partition coefficient (Wildman–Crippen LogP) is 2.26. The number of hydrogen-bond acceptors (Lipinski definition) is 5. The lowest BCUT2D eigenvalue weighted by atomic mass is 9.97. The third kappa shape index (κ3) is 4.63. The van der Waals surface area contributed by atoms with E-state index >= 15 is 0 Å². The number of carbonyl (C=O) groups excluding carboxylic acids is 2. The van der Waals surface area contributed by atoms with E-state index in [1.807, 2.05) is 0 Å². The second-order valence-corrected chi connectivity index (χ2v) is 5.79. The lowest BCUT2D eigenvalue weighted by Gasteiger charge is -2.32. The molecule has 0 spiro atoms. The molecule has 6 heteroatoms. The molecule has 1 fully saturated rings. The molecule has 1 aromatic carbocycles. The molecule has 1 amide bonds. The Morgan fingerprint density at radius 1 is 1.17 bits per heavy atom. The van der Waals surface area contributed by atoms with E-state index in [-0.39, 0.29) is 17.8 Å². The molecule has 1 saturated heterocycles. The molecule has 1 atom stereocenters. The van der Waals surface area contributed by atoms with Crippen LogP contribution in [0.5, 0.6) is 11.5 Å². The monoisotopic (exact) mass is 335 g/mol. The quantitative estimate of drug-likeness (QED) is 0.746. The number of rotatable bonds is 6. The molecule has 24 heavy (non-hydrogen) atoms. The van der Waals surface area contributed by atoms with Gasteiger partial charge in [0, 0.05) is 13.1 Å². The number of carbonyl (C=O) groups is 2. The van der Waals surface area contributed by atoms with E-state index in [4.69, 9.17) is 14.2 Å². The number of benzene rings is 1. The summed E-state index contributed by atoms with van der Waals surface area (Å²) in [6, 6.07) is 7.12. The summed E-state index contributed by atoms with van der Waals surface area (Å²) >= 11 is 0. The number of nitrogens with zero attached hydrogens (tertiary/aromatic N) is 1. The third-order valence-electron chi connectivity index (χ3n) is 4.15. The molecule has 0 unspecified atom stereocenters. The summed E-state index contributed by atoms with van der Waals surface area (Å²) < 4.78 is 15.8. The zero-order valence-electron chi connectivity index (χ0n) is 14.5. The van der Waals surface area contributed by atoms with Gasteiger partial charge in [-0.1, -0.05) is 0 Å². The van der Waals surface area contributed by atoms with Gasteiger partial charge in [0.15, 0.2) is 6.10 Å². The number of piperidine rings is 1. The van der Waals surface area contributed by atoms with Crippen LogP contribution in [-0.4, -0.2) is 49.7 Å². The first-order valence-electron chi connectivity index (χ1n) is 8.31. The summed E-state index contributed by atoms with van der Waals surface area (Å²) in [5.41, 5.74) is 0. The number of amides is 1. The summed E-state index contributed by atoms with van der Waals surface area (Å²) in [6.45, 7) is 5.04. The van der Waals surface area contributed by atoms with Crippen LogP contribution in [0.15, 0.2) is 24.3 Å². The van der Waals surface area contributed by atoms with E-state index in [1.54, 1.807) is 50.1 Å². The predicted molar refractivity (Wildman–Crippen MR) is 89.0 cm³/mol. The Kier molecular flexibility index (Phi) is 6.46. The minimum absolute atomic E-state index is 0.0619. The van der Waals surface area contributed by atoms with Gasteiger partial charge in [-0.25, -0.2) is 0 Å². The average molecular weight is 335 g/mol. The van der Waals surface area contributed by atoms with Crippen molar-refractivity contribution in [2.75, 3.05) is 26.8 Å². The van der Waals surface area contributed by atoms with E-state index in [1.165, 1.54) is 0 Å². The van der Waals surface area contributed by atoms with Gasteiger partial charge in [-0.3, -0.25) is 9.59 Å². The van der Waals surface area contributed by atoms with Gasteiger partial charge >= 0.3 is 5.97 Å². The van der Waals surface area contributed by atoms with Gasteiger partial charge in [0.1, 0.15) is 11.5 Å². The third-order valence-corrected chi connectivity index (χ3v) is 4.15. The zero-order valence-corrected chi connectivity index (χ0v) is 14.5. The van der Waals surface area contributed by atoms with Crippen molar-refractivity contribution >= 4 is 11.9 Å². The van der Waals surface area contributed by atoms with Crippen LogP contribution in [0.2, 0.25) is 0 Å². The highest BCUT2D eigenvalue weighted by Gasteiger charge is 2.30. The minimum atomic E-state index is -0.572. The Bertz CT molecular complexity index is 549. The molecule has 1 heterocycles. The Hall–Kier alpha value is -2.24. The van der Waals surface area contributed by atoms with Crippen molar-refractivity contribution in [3.05, 3.63) is 24.3 Å². The van der Waals surface area contributed by atoms with E-state index in [2.05, 4.69) is 0 Å². The molecule has 0 bridgehead atoms. The van der Waals surface area contributed by atoms with Gasteiger partial charge in [-0.2, -0.15) is 0 Å². The van der Waals surface area contributed by atoms with Crippen molar-refractivity contribution in [1.82, 2.24) is 4.90 Å². The van der Waals surface area contributed by atoms with Gasteiger partial charge in [0.05, 0.1) is 19.6 Å². The average Bonchev–Trinajstić information content (AvgIpc) is 2.62. The lowest BCUT2D eigenvalue weighted by molar-refractivity contribution is -0.152. The van der Waals surface area contributed by atoms with E-state index in [9.17, 15) is 9.59 Å². The van der Waals surface area contributed by atoms with Crippen molar-refractivity contribution in [2.24, 2.45) is 5.92 Å². The molecule has 0 aromatic heterocycles. The van der Waals surface area contributed by atoms with Crippen LogP contribution >= 0.6 is 0 Å². The van der Waals surface area contributed by atoms with E-state index in [0.717, 1.165) is 5.75 Å². The van der Waals surface area contributed by atoms with Crippen LogP contribution in [0.4, 0.5) is 0 Å². The molecular weight excluding hydrogens is 310 g/mol. The number of likely N-dealkylation sites (tertiary alicyclic amines) is 1. The van der Waals surface area contributed by atoms with Gasteiger partial charge in [0.25, 0.3) is 5.91 Å². The molecule has 2 rings (SSSR count). The lowest BCUT2D eigenvalue weighted by Crippen LogP contribution is -2.45. The summed E-state index contributed by atoms with van der Waals surface area (Å²) in [7, 11) is 1.60. The van der Waals surface area contributed by atoms with Gasteiger partial charge in [0.2, 0.25) is 0 Å². The van der Waals surface area contributed by atoms with Crippen LogP contribution in [0.1, 0.15) is 26.7 Å². The topological polar surface area (TPSA) is 65.1 Å². The van der Waals surface area contributed by atoms with E-state index in [0.29, 0.717) is 38.3 Å². The molecule has 6 nitrogen and oxygen atoms in total. The molecule has 0 radical (unpaired) electrons. The van der Waals surface area contributed by atoms with Crippen LogP contribution in [-0.2, 0) is 14.3 Å². The van der Waals surface area contributed by atoms with Crippen molar-refractivity contribution in [2.45, 2.75) is 32.8 Å². The first kappa shape index (κ1) is 18.1. The molecule has 0 aliphatic carbocycles. The second kappa shape index (κ2) is 8.57. The number of methoxy groups -OCH3 is 1. The Morgan fingerprint density at radius 3 is 2.29 bits per heavy atom. The van der Waals surface area contributed by atoms with E-state index < -0.39 is 6.10 Å². The Labute approximate surface area is 142 Å². The second-order valence-electron chi connectivity index (χ2n) is 5.79. The molecule has 0 saturated carbocycles. The molecule has 1 aliphatic heterocycles. The van der Waals surface area contributed by atoms with Gasteiger partial charge < -0.3 is 19.1 Å². The van der Waals surface area contributed by atoms with Crippen LogP contribution in [0, 0.1) is 5.92 Å². The van der Waals surface area contributed by atoms with Crippen molar-refractivity contribution < 1.29 is 23.8 Å². The SMILES string of the molecule is CCOC(=O)C1CCN(C(=O)[C@H](C)Oc2ccc(OC)cc2)CC1. The number of hydrogen-bond donors (Lipinski definition) is 0. The summed E-state index contributed by atoms with van der Waals surface area (Å²) in [4.78, 5) is 26.0. The molecule has 132 valence electrons. The molecule has 0 N–H and O–H groups in total. The molecule has 1 aromatic rings. The fraction of sp³-hybridized carbons (Fsp3) is 0.556. The summed E-state index contributed by atoms with van der Waals surface area (Å²) in [5.74, 6) is 1.03. The van der Waals surface area contributed by atoms with Gasteiger partial charge in [-0.05, 0) is 51.0 Å². The standard InChI is InChI=1S/C18H25NO5/c1-4-23-18(21)14-9-11-19(12-10-14)17(20)13(2)24-16-7-5-15(22-3)6-8-16/h5-8,13-14H,4,9-12H2,1-3H3/t13-/m0/s1. The highest BCUT2D eigenvalue weighted by molar-refractivity contribution is 5.81. The maximum absolute atomic E-state index is 12.5. The zero-order chi connectivity index (χ0) is 17.5. The first-order chi connectivity index (χ1) is 11.5. The van der Waals surface area contributed by atoms with Crippen LogP contribution in [0.25, 0.3) is 0 Å². The number of ether oxygens (including phenoxy) is 3. The molecular formula is C18H25NO5. The highest BCUT2D eigenvalue weighted by atomic mass is 16.5. The largest absolute Gasteiger partial charge is 0.497 e. The maximum Gasteiger partial charge on any atom is 0.309 e. The minimum Gasteiger partial charge on any atom is -0.497 e. The fourth-order valence-corrected chi connectivity index (χ4v) is 2.76. The Morgan fingerprint density at radius 2 is 1.75 bits per heavy atom.